The number of nitrogens with one attached hydrogen (secondary N) is 1. The minimum absolute atomic E-state index is 0.514. The molecule has 2 heterocycles. The molecule has 3 heteroatoms. The topological polar surface area (TPSA) is 34.1 Å². The molecule has 0 bridgehead atoms. The van der Waals surface area contributed by atoms with Crippen molar-refractivity contribution in [2.24, 2.45) is 0 Å². The molecule has 1 aromatic carbocycles. The van der Waals surface area contributed by atoms with Gasteiger partial charge in [-0.05, 0) is 43.7 Å². The third-order valence-corrected chi connectivity index (χ3v) is 3.19. The molecule has 3 nitrogen and oxygen atoms in total. The summed E-state index contributed by atoms with van der Waals surface area (Å²) in [5, 5.41) is 4.56. The Hall–Kier alpha value is -1.61. The van der Waals surface area contributed by atoms with Gasteiger partial charge >= 0.3 is 0 Å². The van der Waals surface area contributed by atoms with Crippen molar-refractivity contribution in [3.05, 3.63) is 36.5 Å². The maximum Gasteiger partial charge on any atom is 0.120 e. The summed E-state index contributed by atoms with van der Waals surface area (Å²) >= 11 is 0. The summed E-state index contributed by atoms with van der Waals surface area (Å²) in [6.45, 7) is 1.88. The van der Waals surface area contributed by atoms with Gasteiger partial charge in [-0.15, -0.1) is 0 Å². The minimum atomic E-state index is 0.514. The van der Waals surface area contributed by atoms with Crippen LogP contribution in [0.15, 0.2) is 36.5 Å². The number of fused-ring (bicyclic) bond motifs is 1. The Labute approximate surface area is 101 Å². The third kappa shape index (κ3) is 2.39. The standard InChI is InChI=1S/C14H16N2O/c1-3-11-9-13(5-6-14(11)16-8-1)17-10-12-4-2-7-15-12/h1,3,5-6,8-9,12,15H,2,4,7,10H2. The lowest BCUT2D eigenvalue weighted by Crippen LogP contribution is -2.28. The molecule has 2 aromatic rings. The van der Waals surface area contributed by atoms with Gasteiger partial charge in [-0.1, -0.05) is 6.07 Å². The summed E-state index contributed by atoms with van der Waals surface area (Å²) in [4.78, 5) is 4.29. The van der Waals surface area contributed by atoms with E-state index in [9.17, 15) is 0 Å². The third-order valence-electron chi connectivity index (χ3n) is 3.19. The highest BCUT2D eigenvalue weighted by molar-refractivity contribution is 5.79. The number of rotatable bonds is 3. The SMILES string of the molecule is c1cnc2ccc(OCC3CCCN3)cc2c1. The average Bonchev–Trinajstić information content (AvgIpc) is 2.89. The molecule has 1 N–H and O–H groups in total. The van der Waals surface area contributed by atoms with E-state index in [4.69, 9.17) is 4.74 Å². The van der Waals surface area contributed by atoms with Crippen LogP contribution in [0.2, 0.25) is 0 Å². The Bertz CT molecular complexity index is 506. The molecule has 0 aliphatic carbocycles. The van der Waals surface area contributed by atoms with Gasteiger partial charge in [0.15, 0.2) is 0 Å². The van der Waals surface area contributed by atoms with E-state index < -0.39 is 0 Å². The zero-order valence-corrected chi connectivity index (χ0v) is 9.73. The number of benzene rings is 1. The lowest BCUT2D eigenvalue weighted by atomic mass is 10.2. The van der Waals surface area contributed by atoms with Crippen molar-refractivity contribution in [1.82, 2.24) is 10.3 Å². The van der Waals surface area contributed by atoms with Gasteiger partial charge in [-0.3, -0.25) is 4.98 Å². The van der Waals surface area contributed by atoms with Crippen LogP contribution >= 0.6 is 0 Å². The highest BCUT2D eigenvalue weighted by Gasteiger charge is 2.14. The largest absolute Gasteiger partial charge is 0.492 e. The fourth-order valence-corrected chi connectivity index (χ4v) is 2.24. The maximum atomic E-state index is 5.81. The quantitative estimate of drug-likeness (QED) is 0.875. The van der Waals surface area contributed by atoms with Crippen LogP contribution in [0.25, 0.3) is 10.9 Å². The van der Waals surface area contributed by atoms with E-state index >= 15 is 0 Å². The number of ether oxygens (including phenoxy) is 1. The summed E-state index contributed by atoms with van der Waals surface area (Å²) in [7, 11) is 0. The van der Waals surface area contributed by atoms with E-state index in [0.29, 0.717) is 6.04 Å². The molecule has 1 atom stereocenters. The molecule has 1 aliphatic heterocycles. The fourth-order valence-electron chi connectivity index (χ4n) is 2.24. The normalized spacial score (nSPS) is 19.6. The van der Waals surface area contributed by atoms with Gasteiger partial charge in [0.2, 0.25) is 0 Å². The van der Waals surface area contributed by atoms with Crippen LogP contribution in [0.4, 0.5) is 0 Å². The predicted molar refractivity (Wildman–Crippen MR) is 68.3 cm³/mol. The minimum Gasteiger partial charge on any atom is -0.492 e. The molecule has 1 unspecified atom stereocenters. The first-order chi connectivity index (χ1) is 8.42. The number of pyridine rings is 1. The van der Waals surface area contributed by atoms with E-state index in [1.54, 1.807) is 0 Å². The number of hydrogen-bond acceptors (Lipinski definition) is 3. The molecule has 1 saturated heterocycles. The molecule has 1 fully saturated rings. The number of hydrogen-bond donors (Lipinski definition) is 1. The van der Waals surface area contributed by atoms with Crippen molar-refractivity contribution >= 4 is 10.9 Å². The summed E-state index contributed by atoms with van der Waals surface area (Å²) in [6, 6.07) is 10.6. The van der Waals surface area contributed by atoms with Crippen molar-refractivity contribution in [1.29, 1.82) is 0 Å². The van der Waals surface area contributed by atoms with E-state index in [2.05, 4.69) is 22.4 Å². The first-order valence-electron chi connectivity index (χ1n) is 6.13. The lowest BCUT2D eigenvalue weighted by molar-refractivity contribution is 0.277. The second-order valence-electron chi connectivity index (χ2n) is 4.46. The fraction of sp³-hybridized carbons (Fsp3) is 0.357. The zero-order chi connectivity index (χ0) is 11.5. The zero-order valence-electron chi connectivity index (χ0n) is 9.73. The monoisotopic (exact) mass is 228 g/mol. The van der Waals surface area contributed by atoms with Crippen LogP contribution in [0, 0.1) is 0 Å². The van der Waals surface area contributed by atoms with E-state index in [1.807, 2.05) is 24.4 Å². The van der Waals surface area contributed by atoms with Crippen LogP contribution < -0.4 is 10.1 Å². The van der Waals surface area contributed by atoms with E-state index in [-0.39, 0.29) is 0 Å². The van der Waals surface area contributed by atoms with Gasteiger partial charge in [0.1, 0.15) is 12.4 Å². The average molecular weight is 228 g/mol. The molecular formula is C14H16N2O. The van der Waals surface area contributed by atoms with Gasteiger partial charge in [-0.2, -0.15) is 0 Å². The molecule has 1 aliphatic rings. The summed E-state index contributed by atoms with van der Waals surface area (Å²) in [5.74, 6) is 0.930. The number of aromatic nitrogens is 1. The first-order valence-corrected chi connectivity index (χ1v) is 6.13. The Morgan fingerprint density at radius 2 is 2.35 bits per heavy atom. The van der Waals surface area contributed by atoms with Crippen LogP contribution in [0.3, 0.4) is 0 Å². The van der Waals surface area contributed by atoms with Crippen LogP contribution in [-0.2, 0) is 0 Å². The van der Waals surface area contributed by atoms with Crippen molar-refractivity contribution < 1.29 is 4.74 Å². The molecule has 0 saturated carbocycles. The van der Waals surface area contributed by atoms with Crippen molar-refractivity contribution in [3.63, 3.8) is 0 Å². The van der Waals surface area contributed by atoms with Crippen molar-refractivity contribution in [2.75, 3.05) is 13.2 Å². The molecule has 88 valence electrons. The highest BCUT2D eigenvalue weighted by Crippen LogP contribution is 2.19. The van der Waals surface area contributed by atoms with Gasteiger partial charge in [0.05, 0.1) is 5.52 Å². The van der Waals surface area contributed by atoms with E-state index in [1.165, 1.54) is 12.8 Å². The van der Waals surface area contributed by atoms with Crippen molar-refractivity contribution in [2.45, 2.75) is 18.9 Å². The lowest BCUT2D eigenvalue weighted by Gasteiger charge is -2.12. The van der Waals surface area contributed by atoms with Crippen molar-refractivity contribution in [3.8, 4) is 5.75 Å². The Kier molecular flexibility index (Phi) is 2.92. The van der Waals surface area contributed by atoms with Gasteiger partial charge in [0, 0.05) is 17.6 Å². The second kappa shape index (κ2) is 4.72. The summed E-state index contributed by atoms with van der Waals surface area (Å²) < 4.78 is 5.81. The van der Waals surface area contributed by atoms with Crippen LogP contribution in [-0.4, -0.2) is 24.2 Å². The van der Waals surface area contributed by atoms with Gasteiger partial charge in [0.25, 0.3) is 0 Å². The Balaban J connectivity index is 1.72. The Morgan fingerprint density at radius 3 is 3.24 bits per heavy atom. The van der Waals surface area contributed by atoms with Crippen LogP contribution in [0.5, 0.6) is 5.75 Å². The Morgan fingerprint density at radius 1 is 1.35 bits per heavy atom. The smallest absolute Gasteiger partial charge is 0.120 e. The summed E-state index contributed by atoms with van der Waals surface area (Å²) in [5.41, 5.74) is 1.01. The molecule has 17 heavy (non-hydrogen) atoms. The number of nitrogens with zero attached hydrogens (tertiary/aromatic N) is 1. The van der Waals surface area contributed by atoms with Gasteiger partial charge < -0.3 is 10.1 Å². The highest BCUT2D eigenvalue weighted by atomic mass is 16.5. The van der Waals surface area contributed by atoms with Crippen LogP contribution in [0.1, 0.15) is 12.8 Å². The molecule has 0 amide bonds. The first kappa shape index (κ1) is 10.5. The van der Waals surface area contributed by atoms with Gasteiger partial charge in [-0.25, -0.2) is 0 Å². The molecule has 0 spiro atoms. The second-order valence-corrected chi connectivity index (χ2v) is 4.46. The molecule has 0 radical (unpaired) electrons. The summed E-state index contributed by atoms with van der Waals surface area (Å²) in [6.07, 6.45) is 4.29. The van der Waals surface area contributed by atoms with E-state index in [0.717, 1.165) is 29.8 Å². The molecule has 3 rings (SSSR count). The predicted octanol–water partition coefficient (Wildman–Crippen LogP) is 2.37. The maximum absolute atomic E-state index is 5.81. The molecular weight excluding hydrogens is 212 g/mol. The molecule has 1 aromatic heterocycles.